The van der Waals surface area contributed by atoms with Crippen LogP contribution in [0.4, 0.5) is 0 Å². The largest absolute Gasteiger partial charge is 0.396 e. The summed E-state index contributed by atoms with van der Waals surface area (Å²) in [5.74, 6) is 0. The summed E-state index contributed by atoms with van der Waals surface area (Å²) in [6, 6.07) is 0.768. The molecule has 0 amide bonds. The van der Waals surface area contributed by atoms with E-state index in [2.05, 4.69) is 11.6 Å². The highest BCUT2D eigenvalue weighted by Crippen LogP contribution is 2.26. The lowest BCUT2D eigenvalue weighted by molar-refractivity contribution is 0.282. The number of aliphatic hydroxyl groups excluding tert-OH is 1. The monoisotopic (exact) mass is 245 g/mol. The molecule has 0 bridgehead atoms. The van der Waals surface area contributed by atoms with Crippen molar-refractivity contribution in [3.8, 4) is 0 Å². The van der Waals surface area contributed by atoms with Crippen molar-refractivity contribution in [2.75, 3.05) is 19.4 Å². The van der Waals surface area contributed by atoms with Gasteiger partial charge in [-0.1, -0.05) is 19.3 Å². The van der Waals surface area contributed by atoms with Gasteiger partial charge in [0.05, 0.1) is 0 Å². The van der Waals surface area contributed by atoms with Crippen LogP contribution < -0.4 is 5.32 Å². The molecule has 1 rings (SSSR count). The van der Waals surface area contributed by atoms with E-state index in [4.69, 9.17) is 5.11 Å². The maximum absolute atomic E-state index is 8.66. The molecule has 2 nitrogen and oxygen atoms in total. The Balaban J connectivity index is 1.95. The van der Waals surface area contributed by atoms with Crippen molar-refractivity contribution in [3.05, 3.63) is 0 Å². The van der Waals surface area contributed by atoms with E-state index in [0.717, 1.165) is 24.3 Å². The molecule has 0 spiro atoms. The average Bonchev–Trinajstić information content (AvgIpc) is 2.34. The van der Waals surface area contributed by atoms with Gasteiger partial charge in [-0.25, -0.2) is 0 Å². The summed E-state index contributed by atoms with van der Waals surface area (Å²) in [5.41, 5.74) is 0. The third kappa shape index (κ3) is 6.12. The van der Waals surface area contributed by atoms with Crippen molar-refractivity contribution in [1.29, 1.82) is 0 Å². The molecule has 0 saturated heterocycles. The van der Waals surface area contributed by atoms with Crippen molar-refractivity contribution in [3.63, 3.8) is 0 Å². The van der Waals surface area contributed by atoms with Crippen LogP contribution in [0.1, 0.15) is 51.4 Å². The molecule has 1 fully saturated rings. The topological polar surface area (TPSA) is 32.3 Å². The second-order valence-corrected chi connectivity index (χ2v) is 5.95. The predicted octanol–water partition coefficient (Wildman–Crippen LogP) is 2.80. The quantitative estimate of drug-likeness (QED) is 0.645. The van der Waals surface area contributed by atoms with Crippen LogP contribution >= 0.6 is 11.8 Å². The van der Waals surface area contributed by atoms with Gasteiger partial charge < -0.3 is 10.4 Å². The molecular formula is C13H27NOS. The van der Waals surface area contributed by atoms with Gasteiger partial charge in [0.25, 0.3) is 0 Å². The van der Waals surface area contributed by atoms with Gasteiger partial charge in [-0.3, -0.25) is 0 Å². The second-order valence-electron chi connectivity index (χ2n) is 4.81. The van der Waals surface area contributed by atoms with Crippen LogP contribution in [0.3, 0.4) is 0 Å². The number of thioether (sulfide) groups is 1. The summed E-state index contributed by atoms with van der Waals surface area (Å²) in [7, 11) is 0. The Labute approximate surface area is 105 Å². The molecule has 0 aliphatic heterocycles. The molecular weight excluding hydrogens is 218 g/mol. The Morgan fingerprint density at radius 3 is 2.75 bits per heavy atom. The molecule has 16 heavy (non-hydrogen) atoms. The lowest BCUT2D eigenvalue weighted by Crippen LogP contribution is -2.35. The van der Waals surface area contributed by atoms with Crippen molar-refractivity contribution >= 4 is 11.8 Å². The molecule has 0 aromatic heterocycles. The van der Waals surface area contributed by atoms with Gasteiger partial charge in [0.1, 0.15) is 0 Å². The first-order valence-corrected chi connectivity index (χ1v) is 8.02. The van der Waals surface area contributed by atoms with Gasteiger partial charge in [-0.2, -0.15) is 11.8 Å². The minimum absolute atomic E-state index is 0.353. The zero-order valence-electron chi connectivity index (χ0n) is 10.6. The van der Waals surface area contributed by atoms with E-state index in [9.17, 15) is 0 Å². The Hall–Kier alpha value is 0.270. The zero-order valence-corrected chi connectivity index (χ0v) is 11.4. The fraction of sp³-hybridized carbons (Fsp3) is 1.00. The number of nitrogens with one attached hydrogen (secondary N) is 1. The highest BCUT2D eigenvalue weighted by atomic mass is 32.2. The molecule has 0 aromatic rings. The van der Waals surface area contributed by atoms with E-state index in [1.54, 1.807) is 0 Å². The van der Waals surface area contributed by atoms with Crippen LogP contribution in [-0.4, -0.2) is 35.8 Å². The minimum Gasteiger partial charge on any atom is -0.396 e. The molecule has 2 N–H and O–H groups in total. The van der Waals surface area contributed by atoms with Gasteiger partial charge in [0, 0.05) is 17.9 Å². The summed E-state index contributed by atoms with van der Waals surface area (Å²) in [4.78, 5) is 0. The van der Waals surface area contributed by atoms with E-state index >= 15 is 0 Å². The highest BCUT2D eigenvalue weighted by Gasteiger charge is 2.20. The Morgan fingerprint density at radius 2 is 2.00 bits per heavy atom. The summed E-state index contributed by atoms with van der Waals surface area (Å²) >= 11 is 2.03. The molecule has 3 heteroatoms. The first-order chi connectivity index (χ1) is 7.86. The van der Waals surface area contributed by atoms with Crippen LogP contribution in [0.2, 0.25) is 0 Å². The summed E-state index contributed by atoms with van der Waals surface area (Å²) in [5, 5.41) is 13.2. The Bertz CT molecular complexity index is 166. The standard InChI is InChI=1S/C13H27NOS/c1-16-13-8-6-7-12(11-13)14-9-4-2-3-5-10-15/h12-15H,2-11H2,1H3. The van der Waals surface area contributed by atoms with Crippen LogP contribution in [0.15, 0.2) is 0 Å². The van der Waals surface area contributed by atoms with Crippen molar-refractivity contribution in [2.24, 2.45) is 0 Å². The van der Waals surface area contributed by atoms with E-state index in [-0.39, 0.29) is 0 Å². The summed E-state index contributed by atoms with van der Waals surface area (Å²) < 4.78 is 0. The number of aliphatic hydroxyl groups is 1. The summed E-state index contributed by atoms with van der Waals surface area (Å²) in [6.07, 6.45) is 12.4. The van der Waals surface area contributed by atoms with E-state index in [1.165, 1.54) is 44.9 Å². The van der Waals surface area contributed by atoms with Gasteiger partial charge in [-0.15, -0.1) is 0 Å². The van der Waals surface area contributed by atoms with Gasteiger partial charge >= 0.3 is 0 Å². The zero-order chi connectivity index (χ0) is 11.6. The van der Waals surface area contributed by atoms with Crippen molar-refractivity contribution < 1.29 is 5.11 Å². The number of hydrogen-bond acceptors (Lipinski definition) is 3. The number of hydrogen-bond donors (Lipinski definition) is 2. The molecule has 2 atom stereocenters. The normalized spacial score (nSPS) is 25.9. The molecule has 0 aromatic carbocycles. The van der Waals surface area contributed by atoms with Crippen LogP contribution in [0, 0.1) is 0 Å². The summed E-state index contributed by atoms with van der Waals surface area (Å²) in [6.45, 7) is 1.52. The molecule has 2 unspecified atom stereocenters. The van der Waals surface area contributed by atoms with Crippen molar-refractivity contribution in [2.45, 2.75) is 62.7 Å². The molecule has 0 radical (unpaired) electrons. The van der Waals surface area contributed by atoms with Crippen LogP contribution in [0.5, 0.6) is 0 Å². The average molecular weight is 245 g/mol. The molecule has 0 heterocycles. The Kier molecular flexibility index (Phi) is 8.34. The smallest absolute Gasteiger partial charge is 0.0431 e. The minimum atomic E-state index is 0.353. The van der Waals surface area contributed by atoms with E-state index < -0.39 is 0 Å². The lowest BCUT2D eigenvalue weighted by Gasteiger charge is -2.28. The van der Waals surface area contributed by atoms with Gasteiger partial charge in [-0.05, 0) is 44.9 Å². The fourth-order valence-corrected chi connectivity index (χ4v) is 3.27. The third-order valence-corrected chi connectivity index (χ3v) is 4.57. The lowest BCUT2D eigenvalue weighted by atomic mass is 9.95. The van der Waals surface area contributed by atoms with E-state index in [1.807, 2.05) is 11.8 Å². The Morgan fingerprint density at radius 1 is 1.19 bits per heavy atom. The predicted molar refractivity (Wildman–Crippen MR) is 73.1 cm³/mol. The first kappa shape index (κ1) is 14.3. The van der Waals surface area contributed by atoms with Crippen LogP contribution in [0.25, 0.3) is 0 Å². The molecule has 96 valence electrons. The second kappa shape index (κ2) is 9.32. The SMILES string of the molecule is CSC1CCCC(NCCCCCCO)C1. The van der Waals surface area contributed by atoms with Gasteiger partial charge in [0.2, 0.25) is 0 Å². The third-order valence-electron chi connectivity index (χ3n) is 3.48. The first-order valence-electron chi connectivity index (χ1n) is 6.74. The molecule has 1 aliphatic rings. The maximum atomic E-state index is 8.66. The molecule has 1 saturated carbocycles. The van der Waals surface area contributed by atoms with Gasteiger partial charge in [0.15, 0.2) is 0 Å². The van der Waals surface area contributed by atoms with Crippen LogP contribution in [-0.2, 0) is 0 Å². The number of rotatable bonds is 8. The fourth-order valence-electron chi connectivity index (χ4n) is 2.44. The maximum Gasteiger partial charge on any atom is 0.0431 e. The highest BCUT2D eigenvalue weighted by molar-refractivity contribution is 7.99. The number of unbranched alkanes of at least 4 members (excludes halogenated alkanes) is 3. The molecule has 1 aliphatic carbocycles. The van der Waals surface area contributed by atoms with Crippen molar-refractivity contribution in [1.82, 2.24) is 5.32 Å². The van der Waals surface area contributed by atoms with E-state index in [0.29, 0.717) is 6.61 Å².